The van der Waals surface area contributed by atoms with Gasteiger partial charge in [-0.2, -0.15) is 0 Å². The van der Waals surface area contributed by atoms with E-state index in [9.17, 15) is 15.0 Å². The van der Waals surface area contributed by atoms with Gasteiger partial charge in [-0.15, -0.1) is 0 Å². The van der Waals surface area contributed by atoms with Crippen LogP contribution in [-0.4, -0.2) is 27.8 Å². The number of piperidine rings is 1. The molecule has 25 heavy (non-hydrogen) atoms. The van der Waals surface area contributed by atoms with Crippen LogP contribution in [-0.2, 0) is 4.79 Å². The molecule has 1 amide bonds. The molecule has 3 aliphatic carbocycles. The van der Waals surface area contributed by atoms with Gasteiger partial charge < -0.3 is 15.5 Å². The number of amides is 1. The topological polar surface area (TPSA) is 69.6 Å². The quantitative estimate of drug-likeness (QED) is 0.683. The molecule has 0 aromatic carbocycles. The molecule has 7 atom stereocenters. The van der Waals surface area contributed by atoms with Gasteiger partial charge in [-0.05, 0) is 75.0 Å². The van der Waals surface area contributed by atoms with E-state index in [1.54, 1.807) is 0 Å². The molecule has 4 nitrogen and oxygen atoms in total. The summed E-state index contributed by atoms with van der Waals surface area (Å²) in [6, 6.07) is 0. The lowest BCUT2D eigenvalue weighted by atomic mass is 9.47. The maximum Gasteiger partial charge on any atom is 0.224 e. The third kappa shape index (κ3) is 2.36. The predicted octanol–water partition coefficient (Wildman–Crippen LogP) is 2.99. The summed E-state index contributed by atoms with van der Waals surface area (Å²) in [5.74, 6) is 1.56. The first kappa shape index (κ1) is 17.5. The zero-order chi connectivity index (χ0) is 18.2. The number of nitrogens with one attached hydrogen (secondary N) is 1. The first-order chi connectivity index (χ1) is 11.6. The van der Waals surface area contributed by atoms with Crippen molar-refractivity contribution < 1.29 is 15.0 Å². The van der Waals surface area contributed by atoms with E-state index < -0.39 is 5.60 Å². The highest BCUT2D eigenvalue weighted by Crippen LogP contribution is 2.66. The van der Waals surface area contributed by atoms with Gasteiger partial charge >= 0.3 is 0 Å². The van der Waals surface area contributed by atoms with E-state index in [0.29, 0.717) is 18.3 Å². The Hall–Kier alpha value is -0.870. The second-order valence-corrected chi connectivity index (χ2v) is 10.2. The van der Waals surface area contributed by atoms with Gasteiger partial charge in [0.05, 0.1) is 11.7 Å². The van der Waals surface area contributed by atoms with Crippen LogP contribution in [0, 0.1) is 34.5 Å². The number of carbonyl (C=O) groups excluding carboxylic acids is 1. The molecule has 1 aliphatic heterocycles. The summed E-state index contributed by atoms with van der Waals surface area (Å²) < 4.78 is 0. The Bertz CT molecular complexity index is 621. The molecule has 3 fully saturated rings. The Balaban J connectivity index is 1.72. The minimum atomic E-state index is -0.700. The van der Waals surface area contributed by atoms with E-state index in [2.05, 4.69) is 25.2 Å². The number of aliphatic hydroxyl groups excluding tert-OH is 1. The minimum Gasteiger partial charge on any atom is -0.393 e. The molecule has 140 valence electrons. The highest BCUT2D eigenvalue weighted by Gasteiger charge is 2.63. The molecule has 1 heterocycles. The standard InChI is InChI=1S/C21H33NO3/c1-19(2,25)15-7-6-13-12-5-8-16-20(3,10-9-17(24)22-16)18(12)14(23)11-21(13,15)4/h8,12-15,18,23,25H,5-7,9-11H2,1-4H3,(H,22,24). The predicted molar refractivity (Wildman–Crippen MR) is 96.4 cm³/mol. The average Bonchev–Trinajstić information content (AvgIpc) is 2.84. The molecule has 0 bridgehead atoms. The van der Waals surface area contributed by atoms with Gasteiger partial charge in [-0.3, -0.25) is 4.79 Å². The minimum absolute atomic E-state index is 0.00154. The van der Waals surface area contributed by atoms with E-state index in [-0.39, 0.29) is 34.7 Å². The van der Waals surface area contributed by atoms with Crippen LogP contribution in [0.5, 0.6) is 0 Å². The van der Waals surface area contributed by atoms with E-state index >= 15 is 0 Å². The van der Waals surface area contributed by atoms with Crippen LogP contribution >= 0.6 is 0 Å². The van der Waals surface area contributed by atoms with Crippen LogP contribution in [0.3, 0.4) is 0 Å². The Morgan fingerprint density at radius 2 is 2.00 bits per heavy atom. The Labute approximate surface area is 151 Å². The third-order valence-corrected chi connectivity index (χ3v) is 8.39. The molecule has 0 aromatic heterocycles. The van der Waals surface area contributed by atoms with Gasteiger partial charge in [0, 0.05) is 17.5 Å². The molecule has 1 saturated heterocycles. The lowest BCUT2D eigenvalue weighted by Gasteiger charge is -2.59. The molecular weight excluding hydrogens is 314 g/mol. The van der Waals surface area contributed by atoms with Crippen LogP contribution in [0.1, 0.15) is 66.2 Å². The second kappa shape index (κ2) is 5.32. The summed E-state index contributed by atoms with van der Waals surface area (Å²) in [6.45, 7) is 8.40. The normalized spacial score (nSPS) is 49.6. The molecule has 7 unspecified atom stereocenters. The van der Waals surface area contributed by atoms with Gasteiger partial charge in [0.1, 0.15) is 0 Å². The summed E-state index contributed by atoms with van der Waals surface area (Å²) in [7, 11) is 0. The number of allylic oxidation sites excluding steroid dienone is 2. The fourth-order valence-corrected chi connectivity index (χ4v) is 7.49. The number of fused-ring (bicyclic) bond motifs is 5. The van der Waals surface area contributed by atoms with Crippen molar-refractivity contribution in [1.29, 1.82) is 0 Å². The smallest absolute Gasteiger partial charge is 0.224 e. The molecule has 3 N–H and O–H groups in total. The van der Waals surface area contributed by atoms with Crippen LogP contribution in [0.25, 0.3) is 0 Å². The van der Waals surface area contributed by atoms with Crippen molar-refractivity contribution in [2.75, 3.05) is 0 Å². The van der Waals surface area contributed by atoms with Crippen molar-refractivity contribution in [3.63, 3.8) is 0 Å². The number of aliphatic hydroxyl groups is 2. The molecule has 4 heteroatoms. The average molecular weight is 347 g/mol. The van der Waals surface area contributed by atoms with Crippen molar-refractivity contribution in [2.24, 2.45) is 34.5 Å². The van der Waals surface area contributed by atoms with Crippen LogP contribution in [0.2, 0.25) is 0 Å². The SMILES string of the molecule is CC(C)(O)C1CCC2C3CC=C4NC(=O)CCC4(C)C3C(O)CC21C. The Morgan fingerprint density at radius 3 is 2.68 bits per heavy atom. The van der Waals surface area contributed by atoms with Crippen LogP contribution in [0.15, 0.2) is 11.8 Å². The lowest BCUT2D eigenvalue weighted by Crippen LogP contribution is -2.59. The largest absolute Gasteiger partial charge is 0.393 e. The van der Waals surface area contributed by atoms with Gasteiger partial charge in [0.25, 0.3) is 0 Å². The van der Waals surface area contributed by atoms with Crippen LogP contribution in [0.4, 0.5) is 0 Å². The summed E-state index contributed by atoms with van der Waals surface area (Å²) in [6.07, 6.45) is 7.15. The number of hydrogen-bond donors (Lipinski definition) is 3. The van der Waals surface area contributed by atoms with Crippen molar-refractivity contribution in [1.82, 2.24) is 5.32 Å². The number of carbonyl (C=O) groups is 1. The number of hydrogen-bond acceptors (Lipinski definition) is 3. The van der Waals surface area contributed by atoms with Crippen molar-refractivity contribution in [3.8, 4) is 0 Å². The van der Waals surface area contributed by atoms with Gasteiger partial charge in [-0.1, -0.05) is 19.9 Å². The summed E-state index contributed by atoms with van der Waals surface area (Å²) in [4.78, 5) is 11.8. The maximum atomic E-state index is 11.8. The van der Waals surface area contributed by atoms with Crippen molar-refractivity contribution in [3.05, 3.63) is 11.8 Å². The maximum absolute atomic E-state index is 11.8. The molecule has 0 aromatic rings. The highest BCUT2D eigenvalue weighted by molar-refractivity contribution is 5.79. The Kier molecular flexibility index (Phi) is 3.73. The fourth-order valence-electron chi connectivity index (χ4n) is 7.49. The summed E-state index contributed by atoms with van der Waals surface area (Å²) in [5.41, 5.74) is 0.224. The first-order valence-corrected chi connectivity index (χ1v) is 9.98. The highest BCUT2D eigenvalue weighted by atomic mass is 16.3. The number of rotatable bonds is 1. The molecule has 0 radical (unpaired) electrons. The lowest BCUT2D eigenvalue weighted by molar-refractivity contribution is -0.149. The van der Waals surface area contributed by atoms with Gasteiger partial charge in [0.15, 0.2) is 0 Å². The zero-order valence-corrected chi connectivity index (χ0v) is 16.0. The van der Waals surface area contributed by atoms with E-state index in [1.165, 1.54) is 0 Å². The van der Waals surface area contributed by atoms with Crippen LogP contribution < -0.4 is 5.32 Å². The van der Waals surface area contributed by atoms with E-state index in [0.717, 1.165) is 37.8 Å². The monoisotopic (exact) mass is 347 g/mol. The molecule has 0 spiro atoms. The Morgan fingerprint density at radius 1 is 1.28 bits per heavy atom. The van der Waals surface area contributed by atoms with Crippen molar-refractivity contribution >= 4 is 5.91 Å². The van der Waals surface area contributed by atoms with E-state index in [4.69, 9.17) is 0 Å². The molecule has 4 rings (SSSR count). The van der Waals surface area contributed by atoms with E-state index in [1.807, 2.05) is 13.8 Å². The molecular formula is C21H33NO3. The summed E-state index contributed by atoms with van der Waals surface area (Å²) in [5, 5.41) is 25.1. The van der Waals surface area contributed by atoms with Crippen molar-refractivity contribution in [2.45, 2.75) is 77.9 Å². The second-order valence-electron chi connectivity index (χ2n) is 10.2. The fraction of sp³-hybridized carbons (Fsp3) is 0.857. The zero-order valence-electron chi connectivity index (χ0n) is 16.0. The molecule has 4 aliphatic rings. The summed E-state index contributed by atoms with van der Waals surface area (Å²) >= 11 is 0. The first-order valence-electron chi connectivity index (χ1n) is 9.98. The molecule has 2 saturated carbocycles. The van der Waals surface area contributed by atoms with Gasteiger partial charge in [-0.25, -0.2) is 0 Å². The van der Waals surface area contributed by atoms with Gasteiger partial charge in [0.2, 0.25) is 5.91 Å². The third-order valence-electron chi connectivity index (χ3n) is 8.39.